The van der Waals surface area contributed by atoms with Crippen molar-refractivity contribution in [3.05, 3.63) is 59.4 Å². The topological polar surface area (TPSA) is 79.9 Å². The Bertz CT molecular complexity index is 1050. The molecule has 2 aliphatic heterocycles. The third-order valence-electron chi connectivity index (χ3n) is 6.04. The Hall–Kier alpha value is -3.32. The number of amides is 2. The molecular formula is C26H31N3O4. The highest BCUT2D eigenvalue weighted by Gasteiger charge is 2.24. The quantitative estimate of drug-likeness (QED) is 0.495. The first-order chi connectivity index (χ1) is 16.0. The Labute approximate surface area is 194 Å². The summed E-state index contributed by atoms with van der Waals surface area (Å²) in [5.74, 6) is 1.53. The number of rotatable bonds is 7. The van der Waals surface area contributed by atoms with Gasteiger partial charge in [0.25, 0.3) is 11.8 Å². The van der Waals surface area contributed by atoms with Crippen molar-refractivity contribution in [2.24, 2.45) is 5.92 Å². The number of benzene rings is 2. The lowest BCUT2D eigenvalue weighted by Crippen LogP contribution is -2.36. The largest absolute Gasteiger partial charge is 0.496 e. The molecule has 0 unspecified atom stereocenters. The average molecular weight is 450 g/mol. The number of fused-ring (bicyclic) bond motifs is 1. The summed E-state index contributed by atoms with van der Waals surface area (Å²) in [6, 6.07) is 12.4. The van der Waals surface area contributed by atoms with E-state index in [-0.39, 0.29) is 17.6 Å². The predicted octanol–water partition coefficient (Wildman–Crippen LogP) is 3.92. The van der Waals surface area contributed by atoms with E-state index in [0.717, 1.165) is 37.5 Å². The van der Waals surface area contributed by atoms with Crippen LogP contribution in [0, 0.1) is 5.92 Å². The summed E-state index contributed by atoms with van der Waals surface area (Å²) in [5.41, 5.74) is 1.71. The minimum Gasteiger partial charge on any atom is -0.496 e. The molecule has 0 bridgehead atoms. The van der Waals surface area contributed by atoms with Gasteiger partial charge >= 0.3 is 0 Å². The highest BCUT2D eigenvalue weighted by atomic mass is 16.5. The van der Waals surface area contributed by atoms with Gasteiger partial charge in [-0.05, 0) is 68.6 Å². The van der Waals surface area contributed by atoms with Crippen LogP contribution in [0.2, 0.25) is 0 Å². The predicted molar refractivity (Wildman–Crippen MR) is 128 cm³/mol. The highest BCUT2D eigenvalue weighted by Crippen LogP contribution is 2.33. The maximum atomic E-state index is 12.6. The molecule has 2 aromatic rings. The molecule has 4 rings (SSSR count). The maximum absolute atomic E-state index is 12.6. The van der Waals surface area contributed by atoms with Crippen molar-refractivity contribution in [2.75, 3.05) is 38.6 Å². The number of anilines is 1. The molecular weight excluding hydrogens is 418 g/mol. The first kappa shape index (κ1) is 22.9. The van der Waals surface area contributed by atoms with Crippen LogP contribution in [0.3, 0.4) is 0 Å². The van der Waals surface area contributed by atoms with Crippen LogP contribution in [-0.2, 0) is 4.79 Å². The van der Waals surface area contributed by atoms with Gasteiger partial charge in [-0.15, -0.1) is 0 Å². The molecule has 2 N–H and O–H groups in total. The number of likely N-dealkylation sites (tertiary alicyclic amines) is 1. The Morgan fingerprint density at radius 3 is 2.97 bits per heavy atom. The molecule has 2 aromatic carbocycles. The lowest BCUT2D eigenvalue weighted by atomic mass is 10.0. The molecule has 0 aliphatic carbocycles. The van der Waals surface area contributed by atoms with Gasteiger partial charge in [-0.3, -0.25) is 9.59 Å². The van der Waals surface area contributed by atoms with E-state index in [4.69, 9.17) is 9.47 Å². The second kappa shape index (κ2) is 10.5. The van der Waals surface area contributed by atoms with Gasteiger partial charge in [0.15, 0.2) is 11.5 Å². The number of hydrogen-bond acceptors (Lipinski definition) is 5. The first-order valence-electron chi connectivity index (χ1n) is 11.5. The molecule has 1 fully saturated rings. The summed E-state index contributed by atoms with van der Waals surface area (Å²) >= 11 is 0. The van der Waals surface area contributed by atoms with Crippen molar-refractivity contribution in [3.8, 4) is 11.5 Å². The van der Waals surface area contributed by atoms with Crippen LogP contribution in [0.4, 0.5) is 5.69 Å². The minimum atomic E-state index is -0.373. The first-order valence-corrected chi connectivity index (χ1v) is 11.5. The van der Waals surface area contributed by atoms with Crippen LogP contribution >= 0.6 is 0 Å². The number of para-hydroxylation sites is 1. The molecule has 1 saturated heterocycles. The van der Waals surface area contributed by atoms with Crippen LogP contribution in [-0.4, -0.2) is 50.0 Å². The third kappa shape index (κ3) is 5.73. The van der Waals surface area contributed by atoms with Gasteiger partial charge in [0.05, 0.1) is 12.8 Å². The molecule has 0 spiro atoms. The average Bonchev–Trinajstić information content (AvgIpc) is 2.82. The summed E-state index contributed by atoms with van der Waals surface area (Å²) < 4.78 is 11.1. The smallest absolute Gasteiger partial charge is 0.291 e. The van der Waals surface area contributed by atoms with E-state index < -0.39 is 0 Å². The van der Waals surface area contributed by atoms with Crippen molar-refractivity contribution in [3.63, 3.8) is 0 Å². The van der Waals surface area contributed by atoms with Crippen molar-refractivity contribution >= 4 is 23.6 Å². The zero-order chi connectivity index (χ0) is 23.2. The lowest BCUT2D eigenvalue weighted by Gasteiger charge is -2.30. The Balaban J connectivity index is 1.35. The summed E-state index contributed by atoms with van der Waals surface area (Å²) in [7, 11) is 1.58. The third-order valence-corrected chi connectivity index (χ3v) is 6.04. The normalized spacial score (nSPS) is 19.4. The number of nitrogens with zero attached hydrogens (tertiary/aromatic N) is 1. The number of carbonyl (C=O) groups excluding carboxylic acids is 2. The fourth-order valence-corrected chi connectivity index (χ4v) is 4.32. The molecule has 7 heteroatoms. The van der Waals surface area contributed by atoms with Crippen LogP contribution in [0.25, 0.3) is 6.08 Å². The van der Waals surface area contributed by atoms with Crippen molar-refractivity contribution in [1.29, 1.82) is 0 Å². The summed E-state index contributed by atoms with van der Waals surface area (Å²) in [6.45, 7) is 6.21. The second-order valence-corrected chi connectivity index (χ2v) is 8.68. The van der Waals surface area contributed by atoms with Crippen LogP contribution in [0.1, 0.15) is 42.1 Å². The molecule has 0 aromatic heterocycles. The molecule has 1 atom stereocenters. The Morgan fingerprint density at radius 2 is 2.15 bits per heavy atom. The fourth-order valence-electron chi connectivity index (χ4n) is 4.32. The highest BCUT2D eigenvalue weighted by molar-refractivity contribution is 6.09. The van der Waals surface area contributed by atoms with E-state index >= 15 is 0 Å². The summed E-state index contributed by atoms with van der Waals surface area (Å²) in [6.07, 6.45) is 5.12. The molecule has 0 radical (unpaired) electrons. The zero-order valence-corrected chi connectivity index (χ0v) is 19.2. The van der Waals surface area contributed by atoms with E-state index in [1.165, 1.54) is 12.8 Å². The molecule has 7 nitrogen and oxygen atoms in total. The number of methoxy groups -OCH3 is 1. The monoisotopic (exact) mass is 449 g/mol. The maximum Gasteiger partial charge on any atom is 0.291 e. The zero-order valence-electron chi connectivity index (χ0n) is 19.2. The molecule has 0 saturated carbocycles. The Kier molecular flexibility index (Phi) is 7.29. The van der Waals surface area contributed by atoms with Gasteiger partial charge in [0.2, 0.25) is 0 Å². The van der Waals surface area contributed by atoms with Gasteiger partial charge in [-0.2, -0.15) is 0 Å². The lowest BCUT2D eigenvalue weighted by molar-refractivity contribution is -0.115. The number of ether oxygens (including phenoxy) is 2. The summed E-state index contributed by atoms with van der Waals surface area (Å²) in [4.78, 5) is 27.6. The van der Waals surface area contributed by atoms with Crippen LogP contribution < -0.4 is 20.1 Å². The van der Waals surface area contributed by atoms with E-state index in [2.05, 4.69) is 22.5 Å². The molecule has 2 heterocycles. The fraction of sp³-hybridized carbons (Fsp3) is 0.385. The minimum absolute atomic E-state index is 0.158. The molecule has 33 heavy (non-hydrogen) atoms. The number of piperidine rings is 1. The van der Waals surface area contributed by atoms with Gasteiger partial charge in [-0.1, -0.05) is 25.1 Å². The van der Waals surface area contributed by atoms with Crippen LogP contribution in [0.5, 0.6) is 11.5 Å². The van der Waals surface area contributed by atoms with Gasteiger partial charge < -0.3 is 25.0 Å². The van der Waals surface area contributed by atoms with E-state index in [9.17, 15) is 9.59 Å². The van der Waals surface area contributed by atoms with Crippen molar-refractivity contribution < 1.29 is 19.1 Å². The number of carbonyl (C=O) groups is 2. The van der Waals surface area contributed by atoms with Gasteiger partial charge in [0.1, 0.15) is 5.75 Å². The van der Waals surface area contributed by atoms with Gasteiger partial charge in [-0.25, -0.2) is 0 Å². The number of hydrogen-bond donors (Lipinski definition) is 2. The van der Waals surface area contributed by atoms with E-state index in [1.54, 1.807) is 31.4 Å². The molecule has 2 aliphatic rings. The van der Waals surface area contributed by atoms with Crippen molar-refractivity contribution in [2.45, 2.75) is 26.2 Å². The summed E-state index contributed by atoms with van der Waals surface area (Å²) in [5, 5.41) is 5.80. The van der Waals surface area contributed by atoms with Crippen molar-refractivity contribution in [1.82, 2.24) is 10.2 Å². The molecule has 2 amide bonds. The number of nitrogens with one attached hydrogen (secondary N) is 2. The SMILES string of the molecule is COc1ccccc1/C=C1/Oc2ccc(C(=O)NCCCN3CCC[C@@H](C)C3)cc2NC1=O. The standard InChI is InChI=1S/C26H31N3O4/c1-18-7-5-13-29(17-18)14-6-12-27-25(30)20-10-11-23-21(15-20)28-26(31)24(33-23)16-19-8-3-4-9-22(19)32-2/h3-4,8-11,15-16,18H,5-7,12-14,17H2,1-2H3,(H,27,30)(H,28,31)/b24-16+/t18-/m1/s1. The van der Waals surface area contributed by atoms with E-state index in [1.807, 2.05) is 24.3 Å². The Morgan fingerprint density at radius 1 is 1.30 bits per heavy atom. The molecule has 174 valence electrons. The van der Waals surface area contributed by atoms with Crippen LogP contribution in [0.15, 0.2) is 48.2 Å². The van der Waals surface area contributed by atoms with Gasteiger partial charge in [0, 0.05) is 24.2 Å². The second-order valence-electron chi connectivity index (χ2n) is 8.68. The van der Waals surface area contributed by atoms with E-state index in [0.29, 0.717) is 29.3 Å².